The number of carbonyl (C=O) groups excluding carboxylic acids is 1. The van der Waals surface area contributed by atoms with Gasteiger partial charge < -0.3 is 19.8 Å². The first-order chi connectivity index (χ1) is 20.4. The van der Waals surface area contributed by atoms with Crippen molar-refractivity contribution in [1.29, 1.82) is 0 Å². The second kappa shape index (κ2) is 14.5. The fourth-order valence-electron chi connectivity index (χ4n) is 6.73. The molecule has 0 saturated heterocycles. The van der Waals surface area contributed by atoms with Crippen LogP contribution < -0.4 is 10.2 Å². The van der Waals surface area contributed by atoms with Gasteiger partial charge in [0, 0.05) is 38.4 Å². The largest absolute Gasteiger partial charge is 0.390 e. The van der Waals surface area contributed by atoms with Crippen molar-refractivity contribution < 1.29 is 22.8 Å². The molecule has 0 fully saturated rings. The van der Waals surface area contributed by atoms with E-state index in [0.29, 0.717) is 35.1 Å². The summed E-state index contributed by atoms with van der Waals surface area (Å²) < 4.78 is 30.9. The van der Waals surface area contributed by atoms with Crippen LogP contribution in [-0.4, -0.2) is 87.2 Å². The highest BCUT2D eigenvalue weighted by Gasteiger charge is 2.53. The number of benzene rings is 2. The Morgan fingerprint density at radius 1 is 0.977 bits per heavy atom. The number of anilines is 2. The maximum Gasteiger partial charge on any atom is 0.279 e. The lowest BCUT2D eigenvalue weighted by molar-refractivity contribution is -0.915. The predicted octanol–water partition coefficient (Wildman–Crippen LogP) is 5.81. The Balaban J connectivity index is 2.23. The van der Waals surface area contributed by atoms with Gasteiger partial charge in [-0.25, -0.2) is 8.42 Å². The van der Waals surface area contributed by atoms with Crippen molar-refractivity contribution in [2.24, 2.45) is 0 Å². The van der Waals surface area contributed by atoms with Crippen LogP contribution in [0.5, 0.6) is 0 Å². The van der Waals surface area contributed by atoms with Crippen LogP contribution in [0, 0.1) is 0 Å². The molecule has 0 bridgehead atoms. The Hall–Kier alpha value is -2.46. The maximum atomic E-state index is 14.3. The fourth-order valence-corrected chi connectivity index (χ4v) is 8.52. The van der Waals surface area contributed by atoms with E-state index < -0.39 is 27.6 Å². The fraction of sp³-hybridized carbons (Fsp3) is 0.618. The lowest BCUT2D eigenvalue weighted by Gasteiger charge is -2.45. The number of nitrogens with zero attached hydrogens (tertiary/aromatic N) is 3. The summed E-state index contributed by atoms with van der Waals surface area (Å²) in [5.41, 5.74) is 1.90. The average molecular weight is 616 g/mol. The van der Waals surface area contributed by atoms with Gasteiger partial charge in [0.05, 0.1) is 36.2 Å². The Labute approximate surface area is 260 Å². The van der Waals surface area contributed by atoms with Crippen LogP contribution in [0.1, 0.15) is 90.2 Å². The molecule has 0 radical (unpaired) electrons. The van der Waals surface area contributed by atoms with Crippen LogP contribution in [0.15, 0.2) is 47.4 Å². The third-order valence-electron chi connectivity index (χ3n) is 9.92. The normalized spacial score (nSPS) is 19.8. The molecular formula is C34H55N4O4S+. The monoisotopic (exact) mass is 615 g/mol. The van der Waals surface area contributed by atoms with E-state index in [1.807, 2.05) is 55.4 Å². The number of amides is 1. The molecule has 1 amide bonds. The summed E-state index contributed by atoms with van der Waals surface area (Å²) in [5.74, 6) is -0.668. The van der Waals surface area contributed by atoms with Gasteiger partial charge in [0.2, 0.25) is 10.0 Å². The van der Waals surface area contributed by atoms with E-state index in [4.69, 9.17) is 0 Å². The van der Waals surface area contributed by atoms with Gasteiger partial charge in [-0.3, -0.25) is 4.79 Å². The molecule has 1 aliphatic rings. The summed E-state index contributed by atoms with van der Waals surface area (Å²) in [6, 6.07) is 13.0. The number of aliphatic hydroxyl groups is 1. The average Bonchev–Trinajstić information content (AvgIpc) is 3.04. The van der Waals surface area contributed by atoms with Gasteiger partial charge in [0.1, 0.15) is 0 Å². The number of aliphatic hydroxyl groups excluding tert-OH is 1. The summed E-state index contributed by atoms with van der Waals surface area (Å²) >= 11 is 0. The highest BCUT2D eigenvalue weighted by Crippen LogP contribution is 2.48. The molecule has 3 rings (SSSR count). The third kappa shape index (κ3) is 7.11. The van der Waals surface area contributed by atoms with Crippen LogP contribution in [0.2, 0.25) is 0 Å². The van der Waals surface area contributed by atoms with Gasteiger partial charge in [-0.15, -0.1) is 0 Å². The Morgan fingerprint density at radius 2 is 1.58 bits per heavy atom. The molecule has 1 heterocycles. The number of sulfonamides is 1. The number of unbranched alkanes of at least 4 members (excludes halogenated alkanes) is 2. The first-order valence-electron chi connectivity index (χ1n) is 16.1. The van der Waals surface area contributed by atoms with Crippen molar-refractivity contribution >= 4 is 27.3 Å². The molecule has 1 aliphatic heterocycles. The van der Waals surface area contributed by atoms with E-state index >= 15 is 0 Å². The minimum Gasteiger partial charge on any atom is -0.390 e. The SMILES string of the molecule is CCCCC1(CCCC)[C@H](O)[C@H](c2cccc(NC(=O)C[N+](CC)(CC)CC)c2)c2cc(N(C)C)ccc2S(=O)(=O)N1C. The number of hydrogen-bond donors (Lipinski definition) is 2. The van der Waals surface area contributed by atoms with E-state index in [9.17, 15) is 18.3 Å². The molecule has 2 N–H and O–H groups in total. The van der Waals surface area contributed by atoms with E-state index in [-0.39, 0.29) is 10.8 Å². The quantitative estimate of drug-likeness (QED) is 0.262. The van der Waals surface area contributed by atoms with Crippen molar-refractivity contribution in [3.05, 3.63) is 53.6 Å². The molecule has 2 aromatic rings. The molecule has 0 aromatic heterocycles. The smallest absolute Gasteiger partial charge is 0.279 e. The van der Waals surface area contributed by atoms with Gasteiger partial charge in [0.15, 0.2) is 6.54 Å². The molecule has 240 valence electrons. The highest BCUT2D eigenvalue weighted by atomic mass is 32.2. The minimum atomic E-state index is -3.92. The van der Waals surface area contributed by atoms with Crippen molar-refractivity contribution in [2.45, 2.75) is 95.6 Å². The molecule has 0 aliphatic carbocycles. The summed E-state index contributed by atoms with van der Waals surface area (Å²) in [5, 5.41) is 15.7. The number of quaternary nitrogens is 1. The van der Waals surface area contributed by atoms with Crippen molar-refractivity contribution in [1.82, 2.24) is 4.31 Å². The van der Waals surface area contributed by atoms with Crippen molar-refractivity contribution in [2.75, 3.05) is 57.5 Å². The zero-order valence-electron chi connectivity index (χ0n) is 27.7. The van der Waals surface area contributed by atoms with Gasteiger partial charge in [-0.05, 0) is 75.1 Å². The first kappa shape index (κ1) is 35.0. The van der Waals surface area contributed by atoms with E-state index in [2.05, 4.69) is 39.9 Å². The second-order valence-electron chi connectivity index (χ2n) is 12.4. The number of fused-ring (bicyclic) bond motifs is 1. The van der Waals surface area contributed by atoms with Gasteiger partial charge in [-0.2, -0.15) is 4.31 Å². The van der Waals surface area contributed by atoms with E-state index in [1.165, 1.54) is 4.31 Å². The maximum absolute atomic E-state index is 14.3. The number of carbonyl (C=O) groups is 1. The zero-order chi connectivity index (χ0) is 32.0. The lowest BCUT2D eigenvalue weighted by Crippen LogP contribution is -2.57. The standard InChI is InChI=1S/C34H54N4O4S/c1-9-14-21-34(22-15-10-2)33(40)32(29-24-28(36(6)7)19-20-30(29)43(41,42)37(34)8)26-17-16-18-27(23-26)35-31(39)25-38(11-3,12-4)13-5/h16-20,23-24,32-33,40H,9-15,21-22,25H2,1-8H3/p+1/t32-,33-/m1/s1. The Kier molecular flexibility index (Phi) is 11.8. The number of nitrogens with one attached hydrogen (secondary N) is 1. The van der Waals surface area contributed by atoms with E-state index in [1.54, 1.807) is 13.1 Å². The molecular weight excluding hydrogens is 560 g/mol. The summed E-state index contributed by atoms with van der Waals surface area (Å²) in [6.45, 7) is 13.5. The third-order valence-corrected chi connectivity index (χ3v) is 11.9. The van der Waals surface area contributed by atoms with Crippen LogP contribution in [-0.2, 0) is 14.8 Å². The summed E-state index contributed by atoms with van der Waals surface area (Å²) in [6.07, 6.45) is 3.51. The predicted molar refractivity (Wildman–Crippen MR) is 177 cm³/mol. The highest BCUT2D eigenvalue weighted by molar-refractivity contribution is 7.89. The Morgan fingerprint density at radius 3 is 2.12 bits per heavy atom. The molecule has 0 saturated carbocycles. The molecule has 43 heavy (non-hydrogen) atoms. The lowest BCUT2D eigenvalue weighted by atomic mass is 9.72. The molecule has 2 aromatic carbocycles. The van der Waals surface area contributed by atoms with Crippen LogP contribution in [0.3, 0.4) is 0 Å². The van der Waals surface area contributed by atoms with E-state index in [0.717, 1.165) is 56.6 Å². The number of likely N-dealkylation sites (N-methyl/N-ethyl adjacent to an activating group) is 2. The van der Waals surface area contributed by atoms with Crippen LogP contribution in [0.4, 0.5) is 11.4 Å². The summed E-state index contributed by atoms with van der Waals surface area (Å²) in [4.78, 5) is 15.4. The Bertz CT molecular complexity index is 1320. The second-order valence-corrected chi connectivity index (χ2v) is 14.4. The molecule has 2 atom stereocenters. The van der Waals surface area contributed by atoms with Gasteiger partial charge >= 0.3 is 0 Å². The minimum absolute atomic E-state index is 0.0537. The van der Waals surface area contributed by atoms with Crippen molar-refractivity contribution in [3.8, 4) is 0 Å². The molecule has 8 nitrogen and oxygen atoms in total. The molecule has 9 heteroatoms. The van der Waals surface area contributed by atoms with Crippen molar-refractivity contribution in [3.63, 3.8) is 0 Å². The van der Waals surface area contributed by atoms with Gasteiger partial charge in [-0.1, -0.05) is 51.7 Å². The van der Waals surface area contributed by atoms with Crippen LogP contribution >= 0.6 is 0 Å². The summed E-state index contributed by atoms with van der Waals surface area (Å²) in [7, 11) is 1.58. The number of hydrogen-bond acceptors (Lipinski definition) is 5. The van der Waals surface area contributed by atoms with Crippen LogP contribution in [0.25, 0.3) is 0 Å². The number of rotatable bonds is 14. The van der Waals surface area contributed by atoms with Gasteiger partial charge in [0.25, 0.3) is 5.91 Å². The first-order valence-corrected chi connectivity index (χ1v) is 17.5. The topological polar surface area (TPSA) is 90.0 Å². The zero-order valence-corrected chi connectivity index (χ0v) is 28.5. The molecule has 0 unspecified atom stereocenters. The molecule has 0 spiro atoms.